The largest absolute Gasteiger partial charge is 0.486 e. The number of allylic oxidation sites excluding steroid dienone is 1. The Labute approximate surface area is 145 Å². The van der Waals surface area contributed by atoms with Crippen molar-refractivity contribution in [1.29, 1.82) is 0 Å². The fourth-order valence-corrected chi connectivity index (χ4v) is 4.79. The maximum Gasteiger partial charge on any atom is 0.346 e. The lowest BCUT2D eigenvalue weighted by molar-refractivity contribution is -0.220. The summed E-state index contributed by atoms with van der Waals surface area (Å²) >= 11 is 0. The number of esters is 1. The molecule has 5 rings (SSSR count). The minimum atomic E-state index is -1.18. The Bertz CT molecular complexity index is 734. The zero-order valence-electron chi connectivity index (χ0n) is 14.5. The summed E-state index contributed by atoms with van der Waals surface area (Å²) in [4.78, 5) is 37.8. The van der Waals surface area contributed by atoms with E-state index in [0.717, 1.165) is 0 Å². The molecule has 1 spiro atoms. The molecule has 3 aliphatic heterocycles. The van der Waals surface area contributed by atoms with Crippen LogP contribution in [0, 0.1) is 23.7 Å². The normalized spacial score (nSPS) is 47.3. The number of carbonyl (C=O) groups excluding carboxylic acids is 3. The zero-order valence-corrected chi connectivity index (χ0v) is 14.5. The van der Waals surface area contributed by atoms with E-state index < -0.39 is 35.6 Å². The summed E-state index contributed by atoms with van der Waals surface area (Å²) in [5, 5.41) is 10.7. The van der Waals surface area contributed by atoms with Crippen molar-refractivity contribution in [2.45, 2.75) is 51.4 Å². The second-order valence-electron chi connectivity index (χ2n) is 7.93. The van der Waals surface area contributed by atoms with Gasteiger partial charge in [0.1, 0.15) is 17.8 Å². The number of fused-ring (bicyclic) bond motifs is 1. The van der Waals surface area contributed by atoms with Gasteiger partial charge in [0, 0.05) is 18.3 Å². The van der Waals surface area contributed by atoms with Gasteiger partial charge in [0.2, 0.25) is 0 Å². The molecule has 2 saturated heterocycles. The van der Waals surface area contributed by atoms with Crippen molar-refractivity contribution in [2.75, 3.05) is 0 Å². The van der Waals surface area contributed by atoms with Crippen LogP contribution in [0.5, 0.6) is 0 Å². The van der Waals surface area contributed by atoms with Crippen LogP contribution in [0.2, 0.25) is 0 Å². The zero-order chi connectivity index (χ0) is 18.1. The van der Waals surface area contributed by atoms with Gasteiger partial charge in [-0.15, -0.1) is 0 Å². The molecule has 7 atom stereocenters. The number of Topliss-reactive ketones (excluding diaryl/α,β-unsaturated/α-hetero) is 1. The average molecular weight is 346 g/mol. The molecule has 6 heteroatoms. The number of hydrogen-bond acceptors (Lipinski definition) is 6. The number of aliphatic hydroxyl groups is 1. The van der Waals surface area contributed by atoms with Gasteiger partial charge in [-0.2, -0.15) is 0 Å². The first-order chi connectivity index (χ1) is 11.8. The molecule has 0 aromatic carbocycles. The molecule has 6 nitrogen and oxygen atoms in total. The van der Waals surface area contributed by atoms with Gasteiger partial charge in [0.25, 0.3) is 0 Å². The lowest BCUT2D eigenvalue weighted by Gasteiger charge is -2.54. The molecule has 0 aromatic rings. The molecule has 2 aliphatic carbocycles. The second-order valence-corrected chi connectivity index (χ2v) is 7.93. The molecule has 3 heterocycles. The quantitative estimate of drug-likeness (QED) is 0.526. The van der Waals surface area contributed by atoms with Crippen LogP contribution in [0.4, 0.5) is 0 Å². The Kier molecular flexibility index (Phi) is 3.48. The van der Waals surface area contributed by atoms with Gasteiger partial charge in [-0.3, -0.25) is 9.59 Å². The molecule has 0 radical (unpaired) electrons. The number of aliphatic hydroxyl groups excluding tert-OH is 1. The van der Waals surface area contributed by atoms with E-state index in [1.807, 2.05) is 6.92 Å². The van der Waals surface area contributed by atoms with Crippen LogP contribution in [0.25, 0.3) is 0 Å². The van der Waals surface area contributed by atoms with Crippen LogP contribution < -0.4 is 0 Å². The van der Waals surface area contributed by atoms with Crippen molar-refractivity contribution in [2.24, 2.45) is 23.7 Å². The maximum absolute atomic E-state index is 12.9. The second kappa shape index (κ2) is 5.27. The standard InChI is InChI=1S/C19H22O6/c1-8-6-9(2)14(21)13-17-19(25-18(13)23)7-10(3)16(24-17)15(22)11(19)4-5-12(8)20/h4-5,8-11,15-16,22H,6-7H2,1-3H3/b5-4+/t8-,9+,10+,11+,15-,16?,19+/m0/s1. The molecular weight excluding hydrogens is 324 g/mol. The first kappa shape index (κ1) is 16.5. The van der Waals surface area contributed by atoms with Crippen molar-refractivity contribution in [3.8, 4) is 0 Å². The molecular formula is C19H22O6. The average Bonchev–Trinajstić information content (AvgIpc) is 2.83. The molecule has 0 amide bonds. The fourth-order valence-electron chi connectivity index (χ4n) is 4.79. The number of carbonyl (C=O) groups is 3. The maximum atomic E-state index is 12.9. The summed E-state index contributed by atoms with van der Waals surface area (Å²) in [6.07, 6.45) is 2.51. The predicted molar refractivity (Wildman–Crippen MR) is 86.1 cm³/mol. The third-order valence-electron chi connectivity index (χ3n) is 6.13. The van der Waals surface area contributed by atoms with Gasteiger partial charge < -0.3 is 14.6 Å². The summed E-state index contributed by atoms with van der Waals surface area (Å²) in [5.74, 6) is -2.27. The van der Waals surface area contributed by atoms with Gasteiger partial charge in [0.15, 0.2) is 22.9 Å². The number of ketones is 2. The van der Waals surface area contributed by atoms with Crippen molar-refractivity contribution in [1.82, 2.24) is 0 Å². The van der Waals surface area contributed by atoms with E-state index >= 15 is 0 Å². The van der Waals surface area contributed by atoms with E-state index in [2.05, 4.69) is 0 Å². The minimum absolute atomic E-state index is 0.0252. The van der Waals surface area contributed by atoms with E-state index in [9.17, 15) is 19.5 Å². The molecule has 3 fully saturated rings. The Morgan fingerprint density at radius 3 is 2.60 bits per heavy atom. The number of rotatable bonds is 0. The Morgan fingerprint density at radius 1 is 1.16 bits per heavy atom. The fraction of sp³-hybridized carbons (Fsp3) is 0.632. The highest BCUT2D eigenvalue weighted by atomic mass is 16.6. The highest BCUT2D eigenvalue weighted by molar-refractivity contribution is 6.20. The lowest BCUT2D eigenvalue weighted by Crippen LogP contribution is -2.63. The molecule has 25 heavy (non-hydrogen) atoms. The van der Waals surface area contributed by atoms with Gasteiger partial charge in [-0.25, -0.2) is 4.79 Å². The summed E-state index contributed by atoms with van der Waals surface area (Å²) < 4.78 is 11.6. The first-order valence-corrected chi connectivity index (χ1v) is 8.85. The van der Waals surface area contributed by atoms with Crippen LogP contribution >= 0.6 is 0 Å². The monoisotopic (exact) mass is 346 g/mol. The first-order valence-electron chi connectivity index (χ1n) is 8.85. The van der Waals surface area contributed by atoms with Crippen molar-refractivity contribution < 1.29 is 29.0 Å². The van der Waals surface area contributed by atoms with E-state index in [4.69, 9.17) is 9.47 Å². The van der Waals surface area contributed by atoms with Crippen LogP contribution in [0.1, 0.15) is 33.6 Å². The molecule has 5 aliphatic rings. The van der Waals surface area contributed by atoms with Gasteiger partial charge >= 0.3 is 5.97 Å². The molecule has 5 bridgehead atoms. The number of ether oxygens (including phenoxy) is 2. The van der Waals surface area contributed by atoms with Crippen molar-refractivity contribution in [3.05, 3.63) is 23.5 Å². The Hall–Kier alpha value is -1.95. The summed E-state index contributed by atoms with van der Waals surface area (Å²) in [7, 11) is 0. The van der Waals surface area contributed by atoms with E-state index in [-0.39, 0.29) is 34.7 Å². The molecule has 0 aromatic heterocycles. The van der Waals surface area contributed by atoms with Gasteiger partial charge in [-0.1, -0.05) is 26.8 Å². The topological polar surface area (TPSA) is 89.9 Å². The molecule has 134 valence electrons. The van der Waals surface area contributed by atoms with Crippen LogP contribution in [0.15, 0.2) is 23.5 Å². The van der Waals surface area contributed by atoms with Crippen molar-refractivity contribution in [3.63, 3.8) is 0 Å². The van der Waals surface area contributed by atoms with Crippen LogP contribution in [0.3, 0.4) is 0 Å². The van der Waals surface area contributed by atoms with Gasteiger partial charge in [-0.05, 0) is 18.4 Å². The molecule has 1 unspecified atom stereocenters. The third-order valence-corrected chi connectivity index (χ3v) is 6.13. The van der Waals surface area contributed by atoms with Gasteiger partial charge in [0.05, 0.1) is 5.92 Å². The molecule has 1 N–H and O–H groups in total. The summed E-state index contributed by atoms with van der Waals surface area (Å²) in [6.45, 7) is 5.41. The molecule has 1 saturated carbocycles. The number of hydrogen-bond donors (Lipinski definition) is 1. The third kappa shape index (κ3) is 2.09. The SMILES string of the molecule is C[C@@H]1C[C@H](C)C(=O)/C=C/[C@@H]2[C@H](O)C3OC4=C(C(=O)O[C@@]42C[C@H]3C)C1=O. The van der Waals surface area contributed by atoms with Crippen LogP contribution in [-0.2, 0) is 23.9 Å². The minimum Gasteiger partial charge on any atom is -0.486 e. The highest BCUT2D eigenvalue weighted by Gasteiger charge is 2.67. The predicted octanol–water partition coefficient (Wildman–Crippen LogP) is 1.32. The van der Waals surface area contributed by atoms with Crippen LogP contribution in [-0.4, -0.2) is 40.5 Å². The Balaban J connectivity index is 1.93. The van der Waals surface area contributed by atoms with E-state index in [1.54, 1.807) is 19.9 Å². The summed E-state index contributed by atoms with van der Waals surface area (Å²) in [6, 6.07) is 0. The van der Waals surface area contributed by atoms with E-state index in [1.165, 1.54) is 6.08 Å². The van der Waals surface area contributed by atoms with Crippen molar-refractivity contribution >= 4 is 17.5 Å². The lowest BCUT2D eigenvalue weighted by atomic mass is 9.64. The Morgan fingerprint density at radius 2 is 1.88 bits per heavy atom. The summed E-state index contributed by atoms with van der Waals surface area (Å²) in [5.41, 5.74) is -1.21. The van der Waals surface area contributed by atoms with E-state index in [0.29, 0.717) is 12.8 Å². The highest BCUT2D eigenvalue weighted by Crippen LogP contribution is 2.56. The smallest absolute Gasteiger partial charge is 0.346 e.